The molecule has 3 aromatic rings. The number of pyridine rings is 1. The van der Waals surface area contributed by atoms with E-state index >= 15 is 0 Å². The van der Waals surface area contributed by atoms with E-state index in [4.69, 9.17) is 5.73 Å². The quantitative estimate of drug-likeness (QED) is 0.400. The van der Waals surface area contributed by atoms with Crippen LogP contribution in [0.15, 0.2) is 42.6 Å². The van der Waals surface area contributed by atoms with Crippen molar-refractivity contribution < 1.29 is 26.3 Å². The molecule has 0 bridgehead atoms. The third-order valence-electron chi connectivity index (χ3n) is 6.72. The van der Waals surface area contributed by atoms with E-state index in [-0.39, 0.29) is 24.4 Å². The molecule has 0 spiro atoms. The second-order valence-corrected chi connectivity index (χ2v) is 9.41. The second kappa shape index (κ2) is 9.38. The fourth-order valence-corrected chi connectivity index (χ4v) is 4.79. The van der Waals surface area contributed by atoms with Gasteiger partial charge in [-0.25, -0.2) is 9.97 Å². The lowest BCUT2D eigenvalue weighted by molar-refractivity contribution is -0.138. The normalized spacial score (nSPS) is 18.3. The average molecular weight is 522 g/mol. The maximum Gasteiger partial charge on any atom is 0.419 e. The standard InChI is InChI=1S/C25H24F6N6/c26-24(27,28)15-5-7-16(8-6-15)34-21-18-9-11-37(22-19(25(29,30)31)2-1-10-33-22)17(12-14-3-4-14)13-20(18)35-23(32)36-21/h1-2,5-8,10,14,17H,3-4,9,11-13H2,(H3,32,34,35,36). The van der Waals surface area contributed by atoms with Crippen LogP contribution in [0, 0.1) is 5.92 Å². The van der Waals surface area contributed by atoms with Gasteiger partial charge >= 0.3 is 12.4 Å². The zero-order valence-electron chi connectivity index (χ0n) is 19.6. The molecule has 37 heavy (non-hydrogen) atoms. The highest BCUT2D eigenvalue weighted by Gasteiger charge is 2.39. The van der Waals surface area contributed by atoms with Gasteiger partial charge in [0.1, 0.15) is 11.6 Å². The number of alkyl halides is 6. The minimum atomic E-state index is -4.56. The predicted molar refractivity (Wildman–Crippen MR) is 126 cm³/mol. The number of nitrogens with two attached hydrogens (primary N) is 1. The number of hydrogen-bond donors (Lipinski definition) is 2. The fourth-order valence-electron chi connectivity index (χ4n) is 4.79. The van der Waals surface area contributed by atoms with Gasteiger partial charge in [-0.3, -0.25) is 0 Å². The number of nitrogens with one attached hydrogen (secondary N) is 1. The van der Waals surface area contributed by atoms with Crippen LogP contribution in [0.25, 0.3) is 0 Å². The number of hydrogen-bond acceptors (Lipinski definition) is 6. The van der Waals surface area contributed by atoms with Gasteiger partial charge in [0.05, 0.1) is 16.8 Å². The smallest absolute Gasteiger partial charge is 0.368 e. The summed E-state index contributed by atoms with van der Waals surface area (Å²) in [6, 6.07) is 6.51. The predicted octanol–water partition coefficient (Wildman–Crippen LogP) is 6.01. The summed E-state index contributed by atoms with van der Waals surface area (Å²) in [5.41, 5.74) is 6.04. The highest BCUT2D eigenvalue weighted by atomic mass is 19.4. The molecule has 12 heteroatoms. The van der Waals surface area contributed by atoms with Crippen LogP contribution in [0.2, 0.25) is 0 Å². The number of aromatic nitrogens is 3. The van der Waals surface area contributed by atoms with Crippen molar-refractivity contribution in [3.05, 3.63) is 65.0 Å². The molecule has 1 unspecified atom stereocenters. The molecule has 6 nitrogen and oxygen atoms in total. The average Bonchev–Trinajstić information content (AvgIpc) is 3.65. The fraction of sp³-hybridized carbons (Fsp3) is 0.400. The summed E-state index contributed by atoms with van der Waals surface area (Å²) in [5.74, 6) is 0.606. The summed E-state index contributed by atoms with van der Waals surface area (Å²) in [4.78, 5) is 14.5. The van der Waals surface area contributed by atoms with Crippen LogP contribution >= 0.6 is 0 Å². The van der Waals surface area contributed by atoms with Crippen LogP contribution < -0.4 is 16.0 Å². The van der Waals surface area contributed by atoms with Crippen molar-refractivity contribution in [3.63, 3.8) is 0 Å². The van der Waals surface area contributed by atoms with Gasteiger partial charge in [0.15, 0.2) is 0 Å². The van der Waals surface area contributed by atoms with Crippen molar-refractivity contribution >= 4 is 23.3 Å². The summed E-state index contributed by atoms with van der Waals surface area (Å²) in [7, 11) is 0. The molecule has 1 fully saturated rings. The Morgan fingerprint density at radius 1 is 0.973 bits per heavy atom. The van der Waals surface area contributed by atoms with E-state index in [0.29, 0.717) is 47.9 Å². The Hall–Kier alpha value is -3.57. The molecule has 2 aromatic heterocycles. The van der Waals surface area contributed by atoms with Crippen molar-refractivity contribution in [2.75, 3.05) is 22.5 Å². The summed E-state index contributed by atoms with van der Waals surface area (Å²) in [5, 5.41) is 3.02. The minimum Gasteiger partial charge on any atom is -0.368 e. The first-order valence-electron chi connectivity index (χ1n) is 11.9. The first kappa shape index (κ1) is 25.1. The second-order valence-electron chi connectivity index (χ2n) is 9.41. The number of benzene rings is 1. The van der Waals surface area contributed by atoms with Crippen molar-refractivity contribution in [2.24, 2.45) is 5.92 Å². The number of fused-ring (bicyclic) bond motifs is 1. The van der Waals surface area contributed by atoms with Crippen LogP contribution in [0.4, 0.5) is 49.6 Å². The van der Waals surface area contributed by atoms with E-state index in [9.17, 15) is 26.3 Å². The Morgan fingerprint density at radius 2 is 1.70 bits per heavy atom. The third kappa shape index (κ3) is 5.57. The maximum atomic E-state index is 13.8. The zero-order chi connectivity index (χ0) is 26.4. The van der Waals surface area contributed by atoms with Crippen LogP contribution in [-0.2, 0) is 25.2 Å². The molecule has 0 saturated heterocycles. The Labute approximate surface area is 208 Å². The first-order chi connectivity index (χ1) is 17.5. The molecular formula is C25H24F6N6. The van der Waals surface area contributed by atoms with E-state index in [0.717, 1.165) is 31.0 Å². The van der Waals surface area contributed by atoms with Crippen LogP contribution in [0.3, 0.4) is 0 Å². The van der Waals surface area contributed by atoms with Gasteiger partial charge in [0.2, 0.25) is 5.95 Å². The van der Waals surface area contributed by atoms with Crippen LogP contribution in [0.1, 0.15) is 41.6 Å². The number of nitrogens with zero attached hydrogens (tertiary/aromatic N) is 4. The Bertz CT molecular complexity index is 1270. The Kier molecular flexibility index (Phi) is 6.36. The molecule has 196 valence electrons. The monoisotopic (exact) mass is 522 g/mol. The Balaban J connectivity index is 1.49. The van der Waals surface area contributed by atoms with Crippen LogP contribution in [0.5, 0.6) is 0 Å². The molecule has 1 aliphatic heterocycles. The summed E-state index contributed by atoms with van der Waals surface area (Å²) < 4.78 is 80.4. The molecule has 1 atom stereocenters. The third-order valence-corrected chi connectivity index (χ3v) is 6.72. The maximum absolute atomic E-state index is 13.8. The van der Waals surface area contributed by atoms with Gasteiger partial charge in [-0.15, -0.1) is 0 Å². The molecule has 3 N–H and O–H groups in total. The number of halogens is 6. The van der Waals surface area contributed by atoms with E-state index in [1.165, 1.54) is 24.4 Å². The van der Waals surface area contributed by atoms with E-state index in [1.807, 2.05) is 0 Å². The van der Waals surface area contributed by atoms with Gasteiger partial charge in [-0.2, -0.15) is 31.3 Å². The zero-order valence-corrected chi connectivity index (χ0v) is 19.6. The molecule has 0 amide bonds. The van der Waals surface area contributed by atoms with Crippen LogP contribution in [-0.4, -0.2) is 27.5 Å². The number of nitrogen functional groups attached to an aromatic ring is 1. The lowest BCUT2D eigenvalue weighted by atomic mass is 10.0. The number of rotatable bonds is 5. The Morgan fingerprint density at radius 3 is 2.35 bits per heavy atom. The molecule has 1 aromatic carbocycles. The van der Waals surface area contributed by atoms with Crippen molar-refractivity contribution in [2.45, 2.75) is 50.5 Å². The number of anilines is 4. The molecule has 3 heterocycles. The molecule has 1 saturated carbocycles. The lowest BCUT2D eigenvalue weighted by Crippen LogP contribution is -2.39. The van der Waals surface area contributed by atoms with E-state index in [2.05, 4.69) is 20.3 Å². The van der Waals surface area contributed by atoms with Gasteiger partial charge in [-0.05, 0) is 55.2 Å². The van der Waals surface area contributed by atoms with Crippen molar-refractivity contribution in [3.8, 4) is 0 Å². The molecule has 1 aliphatic carbocycles. The highest BCUT2D eigenvalue weighted by molar-refractivity contribution is 5.63. The molecular weight excluding hydrogens is 498 g/mol. The first-order valence-corrected chi connectivity index (χ1v) is 11.9. The van der Waals surface area contributed by atoms with Gasteiger partial charge in [-0.1, -0.05) is 12.8 Å². The van der Waals surface area contributed by atoms with Gasteiger partial charge in [0, 0.05) is 36.5 Å². The topological polar surface area (TPSA) is 80.0 Å². The summed E-state index contributed by atoms with van der Waals surface area (Å²) >= 11 is 0. The molecule has 0 radical (unpaired) electrons. The van der Waals surface area contributed by atoms with E-state index in [1.54, 1.807) is 4.90 Å². The van der Waals surface area contributed by atoms with Crippen molar-refractivity contribution in [1.29, 1.82) is 0 Å². The van der Waals surface area contributed by atoms with E-state index < -0.39 is 23.5 Å². The molecule has 2 aliphatic rings. The highest BCUT2D eigenvalue weighted by Crippen LogP contribution is 2.41. The lowest BCUT2D eigenvalue weighted by Gasteiger charge is -2.33. The van der Waals surface area contributed by atoms with Crippen molar-refractivity contribution in [1.82, 2.24) is 15.0 Å². The largest absolute Gasteiger partial charge is 0.419 e. The summed E-state index contributed by atoms with van der Waals surface area (Å²) in [6.45, 7) is 0.236. The SMILES string of the molecule is Nc1nc2c(c(Nc3ccc(C(F)(F)F)cc3)n1)CCN(c1ncccc1C(F)(F)F)C(CC1CC1)C2. The minimum absolute atomic E-state index is 0.0272. The van der Waals surface area contributed by atoms with Gasteiger partial charge < -0.3 is 16.0 Å². The van der Waals surface area contributed by atoms with Gasteiger partial charge in [0.25, 0.3) is 0 Å². The summed E-state index contributed by atoms with van der Waals surface area (Å²) in [6.07, 6.45) is -4.29. The molecule has 5 rings (SSSR count).